The number of para-hydroxylation sites is 1. The third-order valence-electron chi connectivity index (χ3n) is 3.07. The van der Waals surface area contributed by atoms with Crippen molar-refractivity contribution >= 4 is 5.69 Å². The highest BCUT2D eigenvalue weighted by atomic mass is 16.7. The van der Waals surface area contributed by atoms with Gasteiger partial charge in [-0.2, -0.15) is 5.48 Å². The number of nitrogens with one attached hydrogen (secondary N) is 2. The van der Waals surface area contributed by atoms with Crippen molar-refractivity contribution in [2.45, 2.75) is 25.0 Å². The van der Waals surface area contributed by atoms with E-state index in [1.807, 2.05) is 0 Å². The van der Waals surface area contributed by atoms with Gasteiger partial charge >= 0.3 is 0 Å². The van der Waals surface area contributed by atoms with Crippen molar-refractivity contribution in [1.29, 1.82) is 0 Å². The summed E-state index contributed by atoms with van der Waals surface area (Å²) in [4.78, 5) is 5.73. The van der Waals surface area contributed by atoms with Crippen LogP contribution in [0.2, 0.25) is 0 Å². The second-order valence-electron chi connectivity index (χ2n) is 4.22. The molecule has 2 atom stereocenters. The maximum absolute atomic E-state index is 5.73. The van der Waals surface area contributed by atoms with E-state index in [1.54, 1.807) is 0 Å². The summed E-state index contributed by atoms with van der Waals surface area (Å²) >= 11 is 0. The number of hydrogen-bond donors (Lipinski definition) is 2. The summed E-state index contributed by atoms with van der Waals surface area (Å²) < 4.78 is 0. The van der Waals surface area contributed by atoms with Crippen LogP contribution in [0.3, 0.4) is 0 Å². The summed E-state index contributed by atoms with van der Waals surface area (Å²) in [5.41, 5.74) is 5.42. The molecule has 3 heteroatoms. The lowest BCUT2D eigenvalue weighted by Crippen LogP contribution is -2.28. The van der Waals surface area contributed by atoms with Crippen LogP contribution in [-0.4, -0.2) is 12.6 Å². The molecule has 3 nitrogen and oxygen atoms in total. The van der Waals surface area contributed by atoms with Gasteiger partial charge in [-0.1, -0.05) is 18.2 Å². The van der Waals surface area contributed by atoms with Crippen LogP contribution in [0.4, 0.5) is 5.69 Å². The zero-order valence-corrected chi connectivity index (χ0v) is 8.21. The first-order chi connectivity index (χ1) is 6.80. The predicted molar refractivity (Wildman–Crippen MR) is 54.9 cm³/mol. The molecule has 2 aliphatic rings. The molecule has 0 aliphatic carbocycles. The SMILES string of the molecule is CC1C[C@@]2(CNc3ccccc32)ON1. The molecule has 0 bridgehead atoms. The molecule has 1 unspecified atom stereocenters. The van der Waals surface area contributed by atoms with Crippen LogP contribution in [-0.2, 0) is 10.4 Å². The number of benzene rings is 1. The highest BCUT2D eigenvalue weighted by Crippen LogP contribution is 2.42. The first kappa shape index (κ1) is 8.26. The Bertz CT molecular complexity index is 362. The van der Waals surface area contributed by atoms with E-state index in [2.05, 4.69) is 42.0 Å². The summed E-state index contributed by atoms with van der Waals surface area (Å²) in [7, 11) is 0. The van der Waals surface area contributed by atoms with Crippen LogP contribution in [0.5, 0.6) is 0 Å². The number of anilines is 1. The van der Waals surface area contributed by atoms with E-state index in [1.165, 1.54) is 11.3 Å². The summed E-state index contributed by atoms with van der Waals surface area (Å²) in [5.74, 6) is 0. The van der Waals surface area contributed by atoms with Crippen LogP contribution in [0.1, 0.15) is 18.9 Å². The molecule has 1 aromatic carbocycles. The Morgan fingerprint density at radius 2 is 2.29 bits per heavy atom. The number of hydrogen-bond acceptors (Lipinski definition) is 3. The Hall–Kier alpha value is -1.06. The van der Waals surface area contributed by atoms with Crippen LogP contribution in [0, 0.1) is 0 Å². The third kappa shape index (κ3) is 0.996. The van der Waals surface area contributed by atoms with Crippen molar-refractivity contribution in [3.05, 3.63) is 29.8 Å². The first-order valence-corrected chi connectivity index (χ1v) is 5.07. The lowest BCUT2D eigenvalue weighted by Gasteiger charge is -2.20. The Kier molecular flexibility index (Phi) is 1.60. The lowest BCUT2D eigenvalue weighted by molar-refractivity contribution is -0.0464. The predicted octanol–water partition coefficient (Wildman–Crippen LogP) is 1.62. The summed E-state index contributed by atoms with van der Waals surface area (Å²) in [6.45, 7) is 3.03. The van der Waals surface area contributed by atoms with Gasteiger partial charge in [-0.3, -0.25) is 4.84 Å². The molecule has 2 heterocycles. The molecule has 1 spiro atoms. The molecule has 1 saturated heterocycles. The van der Waals surface area contributed by atoms with Gasteiger partial charge in [-0.05, 0) is 13.0 Å². The minimum absolute atomic E-state index is 0.129. The second kappa shape index (κ2) is 2.72. The molecule has 2 aliphatic heterocycles. The fourth-order valence-electron chi connectivity index (χ4n) is 2.43. The minimum atomic E-state index is -0.129. The molecule has 0 saturated carbocycles. The Morgan fingerprint density at radius 3 is 3.07 bits per heavy atom. The van der Waals surface area contributed by atoms with E-state index >= 15 is 0 Å². The van der Waals surface area contributed by atoms with Crippen molar-refractivity contribution in [2.75, 3.05) is 11.9 Å². The van der Waals surface area contributed by atoms with E-state index in [0.29, 0.717) is 6.04 Å². The van der Waals surface area contributed by atoms with E-state index in [4.69, 9.17) is 4.84 Å². The lowest BCUT2D eigenvalue weighted by atomic mass is 9.91. The Balaban J connectivity index is 2.05. The molecular weight excluding hydrogens is 176 g/mol. The van der Waals surface area contributed by atoms with Gasteiger partial charge in [0.1, 0.15) is 5.60 Å². The maximum Gasteiger partial charge on any atom is 0.135 e. The summed E-state index contributed by atoms with van der Waals surface area (Å²) in [6.07, 6.45) is 1.04. The van der Waals surface area contributed by atoms with E-state index in [9.17, 15) is 0 Å². The van der Waals surface area contributed by atoms with Gasteiger partial charge in [-0.15, -0.1) is 0 Å². The van der Waals surface area contributed by atoms with Gasteiger partial charge in [0, 0.05) is 23.7 Å². The summed E-state index contributed by atoms with van der Waals surface area (Å²) in [5, 5.41) is 3.39. The Morgan fingerprint density at radius 1 is 1.43 bits per heavy atom. The second-order valence-corrected chi connectivity index (χ2v) is 4.22. The zero-order valence-electron chi connectivity index (χ0n) is 8.21. The molecule has 3 rings (SSSR count). The fourth-order valence-corrected chi connectivity index (χ4v) is 2.43. The van der Waals surface area contributed by atoms with Crippen molar-refractivity contribution in [3.8, 4) is 0 Å². The minimum Gasteiger partial charge on any atom is -0.381 e. The van der Waals surface area contributed by atoms with Gasteiger partial charge in [0.05, 0.1) is 6.54 Å². The van der Waals surface area contributed by atoms with E-state index < -0.39 is 0 Å². The first-order valence-electron chi connectivity index (χ1n) is 5.07. The van der Waals surface area contributed by atoms with Crippen LogP contribution in [0.25, 0.3) is 0 Å². The summed E-state index contributed by atoms with van der Waals surface area (Å²) in [6, 6.07) is 8.81. The molecule has 14 heavy (non-hydrogen) atoms. The molecule has 0 amide bonds. The molecule has 1 aromatic rings. The fraction of sp³-hybridized carbons (Fsp3) is 0.455. The highest BCUT2D eigenvalue weighted by molar-refractivity contribution is 5.59. The average Bonchev–Trinajstić information content (AvgIpc) is 2.75. The number of rotatable bonds is 0. The van der Waals surface area contributed by atoms with Crippen molar-refractivity contribution in [1.82, 2.24) is 5.48 Å². The zero-order chi connectivity index (χ0) is 9.60. The van der Waals surface area contributed by atoms with Crippen molar-refractivity contribution < 1.29 is 4.84 Å². The van der Waals surface area contributed by atoms with Crippen LogP contribution >= 0.6 is 0 Å². The molecule has 0 aromatic heterocycles. The van der Waals surface area contributed by atoms with E-state index in [-0.39, 0.29) is 5.60 Å². The van der Waals surface area contributed by atoms with Gasteiger partial charge in [0.15, 0.2) is 0 Å². The molecule has 1 fully saturated rings. The normalized spacial score (nSPS) is 34.5. The topological polar surface area (TPSA) is 33.3 Å². The van der Waals surface area contributed by atoms with Crippen molar-refractivity contribution in [3.63, 3.8) is 0 Å². The van der Waals surface area contributed by atoms with Crippen LogP contribution in [0.15, 0.2) is 24.3 Å². The van der Waals surface area contributed by atoms with E-state index in [0.717, 1.165) is 13.0 Å². The number of fused-ring (bicyclic) bond motifs is 2. The molecular formula is C11H14N2O. The highest BCUT2D eigenvalue weighted by Gasteiger charge is 2.45. The van der Waals surface area contributed by atoms with Crippen LogP contribution < -0.4 is 10.8 Å². The quantitative estimate of drug-likeness (QED) is 0.652. The monoisotopic (exact) mass is 190 g/mol. The number of hydroxylamine groups is 1. The maximum atomic E-state index is 5.73. The van der Waals surface area contributed by atoms with Gasteiger partial charge in [-0.25, -0.2) is 0 Å². The largest absolute Gasteiger partial charge is 0.381 e. The van der Waals surface area contributed by atoms with Gasteiger partial charge in [0.2, 0.25) is 0 Å². The standard InChI is InChI=1S/C11H14N2O/c1-8-6-11(14-13-8)7-12-10-5-3-2-4-9(10)11/h2-5,8,12-13H,6-7H2,1H3/t8?,11-/m0/s1. The van der Waals surface area contributed by atoms with Gasteiger partial charge in [0.25, 0.3) is 0 Å². The molecule has 2 N–H and O–H groups in total. The molecule has 0 radical (unpaired) electrons. The Labute approximate surface area is 83.4 Å². The van der Waals surface area contributed by atoms with Gasteiger partial charge < -0.3 is 5.32 Å². The molecule has 74 valence electrons. The smallest absolute Gasteiger partial charge is 0.135 e. The van der Waals surface area contributed by atoms with Crippen molar-refractivity contribution in [2.24, 2.45) is 0 Å². The average molecular weight is 190 g/mol. The third-order valence-corrected chi connectivity index (χ3v) is 3.07.